The molecular weight excluding hydrogens is 194 g/mol. The molecule has 0 amide bonds. The Labute approximate surface area is 91.3 Å². The fourth-order valence-electron chi connectivity index (χ4n) is 1.83. The second-order valence-corrected chi connectivity index (χ2v) is 4.07. The van der Waals surface area contributed by atoms with Crippen molar-refractivity contribution < 1.29 is 14.3 Å². The molecule has 1 heterocycles. The van der Waals surface area contributed by atoms with Gasteiger partial charge in [0.2, 0.25) is 0 Å². The van der Waals surface area contributed by atoms with E-state index in [9.17, 15) is 4.79 Å². The number of piperidine rings is 1. The lowest BCUT2D eigenvalue weighted by Gasteiger charge is -2.28. The number of carbonyl (C=O) groups is 1. The van der Waals surface area contributed by atoms with Crippen LogP contribution in [0.1, 0.15) is 26.2 Å². The third-order valence-electron chi connectivity index (χ3n) is 2.76. The first kappa shape index (κ1) is 12.5. The first-order chi connectivity index (χ1) is 7.25. The van der Waals surface area contributed by atoms with Crippen molar-refractivity contribution in [3.05, 3.63) is 0 Å². The molecular formula is C11H21NO3. The summed E-state index contributed by atoms with van der Waals surface area (Å²) in [6, 6.07) is -0.110. The summed E-state index contributed by atoms with van der Waals surface area (Å²) in [5.74, 6) is 0.270. The van der Waals surface area contributed by atoms with Gasteiger partial charge in [0.05, 0.1) is 6.61 Å². The molecule has 1 aliphatic rings. The Hall–Kier alpha value is -0.610. The summed E-state index contributed by atoms with van der Waals surface area (Å²) >= 11 is 0. The summed E-state index contributed by atoms with van der Waals surface area (Å²) in [4.78, 5) is 11.6. The highest BCUT2D eigenvalue weighted by molar-refractivity contribution is 5.76. The molecule has 0 radical (unpaired) electrons. The Morgan fingerprint density at radius 3 is 2.93 bits per heavy atom. The van der Waals surface area contributed by atoms with E-state index >= 15 is 0 Å². The summed E-state index contributed by atoms with van der Waals surface area (Å²) in [6.45, 7) is 4.11. The molecule has 1 aliphatic heterocycles. The molecule has 0 aromatic rings. The summed E-state index contributed by atoms with van der Waals surface area (Å²) in [5, 5.41) is 3.20. The zero-order chi connectivity index (χ0) is 11.1. The number of ether oxygens (including phenoxy) is 2. The third kappa shape index (κ3) is 4.18. The predicted molar refractivity (Wildman–Crippen MR) is 57.6 cm³/mol. The van der Waals surface area contributed by atoms with Crippen molar-refractivity contribution in [1.29, 1.82) is 0 Å². The lowest BCUT2D eigenvalue weighted by Crippen LogP contribution is -2.46. The fraction of sp³-hybridized carbons (Fsp3) is 0.909. The zero-order valence-corrected chi connectivity index (χ0v) is 9.62. The maximum atomic E-state index is 11.6. The number of nitrogens with one attached hydrogen (secondary N) is 1. The molecule has 0 bridgehead atoms. The van der Waals surface area contributed by atoms with E-state index in [1.807, 2.05) is 0 Å². The predicted octanol–water partition coefficient (Wildman–Crippen LogP) is 0.954. The van der Waals surface area contributed by atoms with Gasteiger partial charge in [0.25, 0.3) is 0 Å². The van der Waals surface area contributed by atoms with E-state index < -0.39 is 0 Å². The van der Waals surface area contributed by atoms with Gasteiger partial charge in [-0.2, -0.15) is 0 Å². The van der Waals surface area contributed by atoms with Crippen LogP contribution in [-0.4, -0.2) is 38.9 Å². The van der Waals surface area contributed by atoms with E-state index in [1.54, 1.807) is 7.11 Å². The van der Waals surface area contributed by atoms with Crippen LogP contribution in [0.25, 0.3) is 0 Å². The van der Waals surface area contributed by atoms with E-state index in [-0.39, 0.29) is 12.0 Å². The lowest BCUT2D eigenvalue weighted by molar-refractivity contribution is -0.148. The maximum absolute atomic E-state index is 11.6. The molecule has 2 atom stereocenters. The molecule has 2 unspecified atom stereocenters. The normalized spacial score (nSPS) is 26.3. The molecule has 0 aromatic heterocycles. The van der Waals surface area contributed by atoms with E-state index in [2.05, 4.69) is 12.2 Å². The third-order valence-corrected chi connectivity index (χ3v) is 2.76. The molecule has 0 aromatic carbocycles. The van der Waals surface area contributed by atoms with Crippen LogP contribution in [0, 0.1) is 5.92 Å². The largest absolute Gasteiger partial charge is 0.464 e. The van der Waals surface area contributed by atoms with Crippen molar-refractivity contribution in [2.45, 2.75) is 32.2 Å². The van der Waals surface area contributed by atoms with Crippen molar-refractivity contribution in [2.75, 3.05) is 26.9 Å². The SMILES string of the molecule is COCCCOC(=O)C1NCCCC1C. The molecule has 4 nitrogen and oxygen atoms in total. The molecule has 4 heteroatoms. The number of esters is 1. The molecule has 0 spiro atoms. The Kier molecular flexibility index (Phi) is 5.65. The minimum absolute atomic E-state index is 0.110. The van der Waals surface area contributed by atoms with Crippen molar-refractivity contribution in [3.63, 3.8) is 0 Å². The lowest BCUT2D eigenvalue weighted by atomic mass is 9.93. The highest BCUT2D eigenvalue weighted by Gasteiger charge is 2.28. The molecule has 88 valence electrons. The number of methoxy groups -OCH3 is 1. The summed E-state index contributed by atoms with van der Waals surface area (Å²) in [7, 11) is 1.65. The second kappa shape index (κ2) is 6.80. The van der Waals surface area contributed by atoms with Crippen LogP contribution in [0.15, 0.2) is 0 Å². The van der Waals surface area contributed by atoms with E-state index in [0.29, 0.717) is 19.1 Å². The first-order valence-corrected chi connectivity index (χ1v) is 5.64. The van der Waals surface area contributed by atoms with Crippen LogP contribution in [0.5, 0.6) is 0 Å². The summed E-state index contributed by atoms with van der Waals surface area (Å²) in [5.41, 5.74) is 0. The van der Waals surface area contributed by atoms with Gasteiger partial charge < -0.3 is 14.8 Å². The van der Waals surface area contributed by atoms with Gasteiger partial charge in [-0.05, 0) is 25.3 Å². The van der Waals surface area contributed by atoms with Crippen LogP contribution >= 0.6 is 0 Å². The summed E-state index contributed by atoms with van der Waals surface area (Å²) in [6.07, 6.45) is 3.02. The number of hydrogen-bond donors (Lipinski definition) is 1. The van der Waals surface area contributed by atoms with Crippen LogP contribution < -0.4 is 5.32 Å². The monoisotopic (exact) mass is 215 g/mol. The molecule has 1 rings (SSSR count). The van der Waals surface area contributed by atoms with Gasteiger partial charge in [0.15, 0.2) is 0 Å². The number of rotatable bonds is 5. The van der Waals surface area contributed by atoms with Crippen molar-refractivity contribution in [3.8, 4) is 0 Å². The fourth-order valence-corrected chi connectivity index (χ4v) is 1.83. The highest BCUT2D eigenvalue weighted by atomic mass is 16.5. The second-order valence-electron chi connectivity index (χ2n) is 4.07. The molecule has 0 aliphatic carbocycles. The minimum atomic E-state index is -0.113. The van der Waals surface area contributed by atoms with Gasteiger partial charge in [0, 0.05) is 20.1 Å². The van der Waals surface area contributed by atoms with Crippen LogP contribution in [0.2, 0.25) is 0 Å². The minimum Gasteiger partial charge on any atom is -0.464 e. The topological polar surface area (TPSA) is 47.6 Å². The van der Waals surface area contributed by atoms with Crippen molar-refractivity contribution in [1.82, 2.24) is 5.32 Å². The first-order valence-electron chi connectivity index (χ1n) is 5.64. The number of hydrogen-bond acceptors (Lipinski definition) is 4. The van der Waals surface area contributed by atoms with Gasteiger partial charge >= 0.3 is 5.97 Å². The smallest absolute Gasteiger partial charge is 0.323 e. The van der Waals surface area contributed by atoms with Gasteiger partial charge in [0.1, 0.15) is 6.04 Å². The van der Waals surface area contributed by atoms with Crippen molar-refractivity contribution >= 4 is 5.97 Å². The Morgan fingerprint density at radius 1 is 1.47 bits per heavy atom. The Morgan fingerprint density at radius 2 is 2.27 bits per heavy atom. The maximum Gasteiger partial charge on any atom is 0.323 e. The quantitative estimate of drug-likeness (QED) is 0.548. The molecule has 0 saturated carbocycles. The Balaban J connectivity index is 2.20. The standard InChI is InChI=1S/C11H21NO3/c1-9-5-3-6-12-10(9)11(13)15-8-4-7-14-2/h9-10,12H,3-8H2,1-2H3. The zero-order valence-electron chi connectivity index (χ0n) is 9.62. The summed E-state index contributed by atoms with van der Waals surface area (Å²) < 4.78 is 10.1. The molecule has 1 saturated heterocycles. The molecule has 1 fully saturated rings. The average Bonchev–Trinajstić information content (AvgIpc) is 2.25. The highest BCUT2D eigenvalue weighted by Crippen LogP contribution is 2.16. The Bertz CT molecular complexity index is 196. The van der Waals surface area contributed by atoms with Crippen LogP contribution in [0.3, 0.4) is 0 Å². The van der Waals surface area contributed by atoms with Crippen LogP contribution in [-0.2, 0) is 14.3 Å². The van der Waals surface area contributed by atoms with Gasteiger partial charge in [-0.3, -0.25) is 4.79 Å². The average molecular weight is 215 g/mol. The van der Waals surface area contributed by atoms with E-state index in [4.69, 9.17) is 9.47 Å². The number of carbonyl (C=O) groups excluding carboxylic acids is 1. The van der Waals surface area contributed by atoms with Crippen molar-refractivity contribution in [2.24, 2.45) is 5.92 Å². The molecule has 15 heavy (non-hydrogen) atoms. The van der Waals surface area contributed by atoms with E-state index in [1.165, 1.54) is 0 Å². The van der Waals surface area contributed by atoms with Gasteiger partial charge in [-0.25, -0.2) is 0 Å². The van der Waals surface area contributed by atoms with Gasteiger partial charge in [-0.15, -0.1) is 0 Å². The van der Waals surface area contributed by atoms with Crippen LogP contribution in [0.4, 0.5) is 0 Å². The molecule has 1 N–H and O–H groups in total. The van der Waals surface area contributed by atoms with Gasteiger partial charge in [-0.1, -0.05) is 6.92 Å². The van der Waals surface area contributed by atoms with E-state index in [0.717, 1.165) is 25.8 Å².